The molecule has 0 amide bonds. The topological polar surface area (TPSA) is 76.2 Å². The van der Waals surface area contributed by atoms with Gasteiger partial charge >= 0.3 is 0 Å². The third kappa shape index (κ3) is 3.61. The van der Waals surface area contributed by atoms with Crippen molar-refractivity contribution in [3.63, 3.8) is 0 Å². The van der Waals surface area contributed by atoms with Crippen LogP contribution in [0.1, 0.15) is 23.0 Å². The zero-order chi connectivity index (χ0) is 18.6. The highest BCUT2D eigenvalue weighted by atomic mass is 16.5. The lowest BCUT2D eigenvalue weighted by molar-refractivity contribution is 0.110. The van der Waals surface area contributed by atoms with Gasteiger partial charge in [-0.05, 0) is 29.8 Å². The first-order chi connectivity index (χ1) is 13.3. The third-order valence-corrected chi connectivity index (χ3v) is 4.51. The van der Waals surface area contributed by atoms with Gasteiger partial charge in [-0.15, -0.1) is 5.10 Å². The van der Waals surface area contributed by atoms with Crippen LogP contribution in [-0.4, -0.2) is 35.3 Å². The predicted molar refractivity (Wildman–Crippen MR) is 99.3 cm³/mol. The molecule has 2 aromatic carbocycles. The highest BCUT2D eigenvalue weighted by Crippen LogP contribution is 2.32. The van der Waals surface area contributed by atoms with Crippen molar-refractivity contribution >= 4 is 5.69 Å². The van der Waals surface area contributed by atoms with Crippen LogP contribution in [0.3, 0.4) is 0 Å². The first-order valence-electron chi connectivity index (χ1n) is 8.68. The van der Waals surface area contributed by atoms with Crippen LogP contribution in [0.4, 0.5) is 5.69 Å². The Balaban J connectivity index is 1.52. The van der Waals surface area contributed by atoms with E-state index in [9.17, 15) is 0 Å². The van der Waals surface area contributed by atoms with Gasteiger partial charge in [0.15, 0.2) is 6.23 Å². The van der Waals surface area contributed by atoms with Crippen molar-refractivity contribution < 1.29 is 9.47 Å². The number of hydrogen-bond acceptors (Lipinski definition) is 6. The van der Waals surface area contributed by atoms with Gasteiger partial charge in [0.25, 0.3) is 0 Å². The molecule has 27 heavy (non-hydrogen) atoms. The third-order valence-electron chi connectivity index (χ3n) is 4.51. The highest BCUT2D eigenvalue weighted by molar-refractivity contribution is 5.52. The quantitative estimate of drug-likeness (QED) is 0.695. The Hall–Kier alpha value is -3.37. The summed E-state index contributed by atoms with van der Waals surface area (Å²) in [6.45, 7) is 2.00. The fraction of sp³-hybridized carbons (Fsp3) is 0.250. The Bertz CT molecular complexity index is 961. The molecule has 1 aliphatic rings. The Morgan fingerprint density at radius 1 is 1.26 bits per heavy atom. The summed E-state index contributed by atoms with van der Waals surface area (Å²) in [5.74, 6) is 0.808. The van der Waals surface area contributed by atoms with Gasteiger partial charge in [0.2, 0.25) is 0 Å². The minimum atomic E-state index is -0.271. The van der Waals surface area contributed by atoms with E-state index in [2.05, 4.69) is 21.3 Å². The molecule has 0 unspecified atom stereocenters. The van der Waals surface area contributed by atoms with Crippen molar-refractivity contribution in [2.24, 2.45) is 0 Å². The van der Waals surface area contributed by atoms with Crippen molar-refractivity contribution in [2.75, 3.05) is 25.2 Å². The van der Waals surface area contributed by atoms with Crippen molar-refractivity contribution in [2.45, 2.75) is 12.8 Å². The molecule has 0 bridgehead atoms. The Morgan fingerprint density at radius 3 is 2.89 bits per heavy atom. The van der Waals surface area contributed by atoms with Crippen LogP contribution in [0.5, 0.6) is 5.75 Å². The van der Waals surface area contributed by atoms with Crippen LogP contribution in [-0.2, 0) is 11.3 Å². The number of ether oxygens (including phenoxy) is 2. The molecule has 7 nitrogen and oxygen atoms in total. The maximum absolute atomic E-state index is 8.89. The van der Waals surface area contributed by atoms with Crippen LogP contribution < -0.4 is 9.64 Å². The molecule has 1 fully saturated rings. The SMILES string of the molecule is COc1cccc(N2CCO[C@H]2c2cn(Cc3ccc(C#N)cc3)nn2)c1. The van der Waals surface area contributed by atoms with E-state index < -0.39 is 0 Å². The standard InChI is InChI=1S/C20H19N5O2/c1-26-18-4-2-3-17(11-18)25-9-10-27-20(25)19-14-24(23-22-19)13-16-7-5-15(12-21)6-8-16/h2-8,11,14,20H,9-10,13H2,1H3/t20-/m0/s1. The van der Waals surface area contributed by atoms with Gasteiger partial charge in [0.1, 0.15) is 11.4 Å². The van der Waals surface area contributed by atoms with E-state index >= 15 is 0 Å². The number of aromatic nitrogens is 3. The van der Waals surface area contributed by atoms with E-state index in [1.165, 1.54) is 0 Å². The molecule has 4 rings (SSSR count). The molecule has 0 radical (unpaired) electrons. The molecule has 1 aromatic heterocycles. The molecule has 2 heterocycles. The van der Waals surface area contributed by atoms with Crippen molar-refractivity contribution in [1.29, 1.82) is 5.26 Å². The van der Waals surface area contributed by atoms with E-state index in [-0.39, 0.29) is 6.23 Å². The molecule has 0 N–H and O–H groups in total. The van der Waals surface area contributed by atoms with Crippen molar-refractivity contribution in [3.05, 3.63) is 71.5 Å². The lowest BCUT2D eigenvalue weighted by atomic mass is 10.1. The maximum atomic E-state index is 8.89. The summed E-state index contributed by atoms with van der Waals surface area (Å²) in [5, 5.41) is 17.4. The zero-order valence-electron chi connectivity index (χ0n) is 14.9. The summed E-state index contributed by atoms with van der Waals surface area (Å²) in [5.41, 5.74) is 3.50. The number of hydrogen-bond donors (Lipinski definition) is 0. The minimum absolute atomic E-state index is 0.271. The van der Waals surface area contributed by atoms with Gasteiger partial charge in [0, 0.05) is 18.3 Å². The number of nitrogens with zero attached hydrogens (tertiary/aromatic N) is 5. The molecular formula is C20H19N5O2. The maximum Gasteiger partial charge on any atom is 0.177 e. The van der Waals surface area contributed by atoms with E-state index in [4.69, 9.17) is 14.7 Å². The van der Waals surface area contributed by atoms with Crippen molar-refractivity contribution in [3.8, 4) is 11.8 Å². The fourth-order valence-electron chi connectivity index (χ4n) is 3.14. The smallest absolute Gasteiger partial charge is 0.177 e. The highest BCUT2D eigenvalue weighted by Gasteiger charge is 2.29. The largest absolute Gasteiger partial charge is 0.497 e. The Kier molecular flexibility index (Phi) is 4.73. The van der Waals surface area contributed by atoms with Gasteiger partial charge in [0.05, 0.1) is 38.1 Å². The molecular weight excluding hydrogens is 342 g/mol. The van der Waals surface area contributed by atoms with E-state index in [0.29, 0.717) is 18.7 Å². The molecule has 0 saturated carbocycles. The molecule has 0 spiro atoms. The number of nitriles is 1. The Labute approximate surface area is 157 Å². The van der Waals surface area contributed by atoms with Crippen LogP contribution in [0.2, 0.25) is 0 Å². The summed E-state index contributed by atoms with van der Waals surface area (Å²) in [6, 6.07) is 17.5. The van der Waals surface area contributed by atoms with Crippen molar-refractivity contribution in [1.82, 2.24) is 15.0 Å². The van der Waals surface area contributed by atoms with Crippen LogP contribution in [0, 0.1) is 11.3 Å². The normalized spacial score (nSPS) is 16.3. The second kappa shape index (κ2) is 7.48. The molecule has 136 valence electrons. The predicted octanol–water partition coefficient (Wildman–Crippen LogP) is 2.74. The van der Waals surface area contributed by atoms with Gasteiger partial charge in [-0.2, -0.15) is 5.26 Å². The van der Waals surface area contributed by atoms with Gasteiger partial charge in [-0.1, -0.05) is 23.4 Å². The van der Waals surface area contributed by atoms with E-state index in [0.717, 1.165) is 29.2 Å². The summed E-state index contributed by atoms with van der Waals surface area (Å²) in [7, 11) is 1.66. The lowest BCUT2D eigenvalue weighted by Crippen LogP contribution is -2.23. The zero-order valence-corrected chi connectivity index (χ0v) is 14.9. The summed E-state index contributed by atoms with van der Waals surface area (Å²) in [6.07, 6.45) is 1.63. The first kappa shape index (κ1) is 17.1. The molecule has 0 aliphatic carbocycles. The number of rotatable bonds is 5. The van der Waals surface area contributed by atoms with Crippen LogP contribution in [0.25, 0.3) is 0 Å². The Morgan fingerprint density at radius 2 is 2.11 bits per heavy atom. The average molecular weight is 361 g/mol. The summed E-state index contributed by atoms with van der Waals surface area (Å²) >= 11 is 0. The van der Waals surface area contributed by atoms with E-state index in [1.54, 1.807) is 23.9 Å². The van der Waals surface area contributed by atoms with Crippen LogP contribution >= 0.6 is 0 Å². The number of anilines is 1. The molecule has 7 heteroatoms. The second-order valence-corrected chi connectivity index (χ2v) is 6.27. The van der Waals surface area contributed by atoms with Crippen LogP contribution in [0.15, 0.2) is 54.7 Å². The molecule has 3 aromatic rings. The van der Waals surface area contributed by atoms with E-state index in [1.807, 2.05) is 42.6 Å². The van der Waals surface area contributed by atoms with Gasteiger partial charge in [-0.3, -0.25) is 0 Å². The van der Waals surface area contributed by atoms with Gasteiger partial charge < -0.3 is 14.4 Å². The number of benzene rings is 2. The van der Waals surface area contributed by atoms with Gasteiger partial charge in [-0.25, -0.2) is 4.68 Å². The molecule has 1 atom stereocenters. The summed E-state index contributed by atoms with van der Waals surface area (Å²) < 4.78 is 13.0. The minimum Gasteiger partial charge on any atom is -0.497 e. The lowest BCUT2D eigenvalue weighted by Gasteiger charge is -2.23. The average Bonchev–Trinajstić information content (AvgIpc) is 3.38. The fourth-order valence-corrected chi connectivity index (χ4v) is 3.14. The first-order valence-corrected chi connectivity index (χ1v) is 8.68. The second-order valence-electron chi connectivity index (χ2n) is 6.27. The number of methoxy groups -OCH3 is 1. The molecule has 1 aliphatic heterocycles. The molecule has 1 saturated heterocycles. The monoisotopic (exact) mass is 361 g/mol. The summed E-state index contributed by atoms with van der Waals surface area (Å²) in [4.78, 5) is 2.15.